The Labute approximate surface area is 133 Å². The van der Waals surface area contributed by atoms with Gasteiger partial charge in [0.05, 0.1) is 6.54 Å². The monoisotopic (exact) mass is 318 g/mol. The number of hydrogen-bond acceptors (Lipinski definition) is 5. The lowest BCUT2D eigenvalue weighted by molar-refractivity contribution is 0.0527. The van der Waals surface area contributed by atoms with Crippen LogP contribution in [0.2, 0.25) is 5.02 Å². The van der Waals surface area contributed by atoms with Gasteiger partial charge in [-0.05, 0) is 18.9 Å². The second kappa shape index (κ2) is 6.70. The molecule has 0 aromatic carbocycles. The van der Waals surface area contributed by atoms with Crippen molar-refractivity contribution in [2.75, 3.05) is 13.1 Å². The van der Waals surface area contributed by atoms with Crippen LogP contribution in [0.25, 0.3) is 0 Å². The Hall–Kier alpha value is -2.21. The number of hydrogen-bond donors (Lipinski definition) is 0. The molecule has 1 fully saturated rings. The van der Waals surface area contributed by atoms with Crippen LogP contribution in [-0.2, 0) is 0 Å². The third-order valence-electron chi connectivity index (χ3n) is 3.45. The van der Waals surface area contributed by atoms with Crippen molar-refractivity contribution in [2.24, 2.45) is 0 Å². The second-order valence-corrected chi connectivity index (χ2v) is 5.42. The highest BCUT2D eigenvalue weighted by Crippen LogP contribution is 2.25. The summed E-state index contributed by atoms with van der Waals surface area (Å²) in [5.74, 6) is 0.631. The van der Waals surface area contributed by atoms with E-state index in [1.165, 1.54) is 0 Å². The molecule has 0 bridgehead atoms. The summed E-state index contributed by atoms with van der Waals surface area (Å²) in [7, 11) is 0. The van der Waals surface area contributed by atoms with Crippen molar-refractivity contribution in [1.29, 1.82) is 0 Å². The molecule has 1 aliphatic rings. The van der Waals surface area contributed by atoms with Crippen LogP contribution in [0, 0.1) is 0 Å². The summed E-state index contributed by atoms with van der Waals surface area (Å²) in [6.07, 6.45) is 7.94. The fourth-order valence-corrected chi connectivity index (χ4v) is 2.57. The number of carbonyl (C=O) groups excluding carboxylic acids is 1. The number of amides is 1. The van der Waals surface area contributed by atoms with Gasteiger partial charge in [0.1, 0.15) is 16.9 Å². The summed E-state index contributed by atoms with van der Waals surface area (Å²) >= 11 is 6.05. The Bertz CT molecular complexity index is 653. The molecule has 7 heteroatoms. The number of nitrogens with zero attached hydrogens (tertiary/aromatic N) is 4. The lowest BCUT2D eigenvalue weighted by Crippen LogP contribution is -2.44. The van der Waals surface area contributed by atoms with Crippen LogP contribution in [0.1, 0.15) is 23.5 Å². The number of halogens is 1. The van der Waals surface area contributed by atoms with E-state index in [9.17, 15) is 4.79 Å². The third kappa shape index (κ3) is 3.33. The largest absolute Gasteiger partial charge is 0.487 e. The van der Waals surface area contributed by atoms with Gasteiger partial charge in [0, 0.05) is 37.4 Å². The van der Waals surface area contributed by atoms with Gasteiger partial charge in [-0.2, -0.15) is 0 Å². The van der Waals surface area contributed by atoms with Crippen molar-refractivity contribution in [3.05, 3.63) is 47.8 Å². The van der Waals surface area contributed by atoms with Crippen LogP contribution in [0.5, 0.6) is 5.75 Å². The van der Waals surface area contributed by atoms with Crippen molar-refractivity contribution in [2.45, 2.75) is 18.9 Å². The molecular weight excluding hydrogens is 304 g/mol. The minimum Gasteiger partial charge on any atom is -0.487 e. The normalized spacial score (nSPS) is 18.0. The molecule has 3 heterocycles. The van der Waals surface area contributed by atoms with E-state index in [0.29, 0.717) is 23.9 Å². The highest BCUT2D eigenvalue weighted by atomic mass is 35.5. The summed E-state index contributed by atoms with van der Waals surface area (Å²) in [4.78, 5) is 26.0. The predicted molar refractivity (Wildman–Crippen MR) is 80.8 cm³/mol. The first-order valence-corrected chi connectivity index (χ1v) is 7.44. The van der Waals surface area contributed by atoms with E-state index in [-0.39, 0.29) is 17.8 Å². The number of likely N-dealkylation sites (tertiary alicyclic amines) is 1. The number of pyridine rings is 1. The van der Waals surface area contributed by atoms with E-state index in [4.69, 9.17) is 16.3 Å². The van der Waals surface area contributed by atoms with Gasteiger partial charge in [0.2, 0.25) is 5.82 Å². The van der Waals surface area contributed by atoms with Crippen LogP contribution in [0.15, 0.2) is 36.9 Å². The van der Waals surface area contributed by atoms with Gasteiger partial charge in [-0.3, -0.25) is 9.78 Å². The molecule has 1 unspecified atom stereocenters. The van der Waals surface area contributed by atoms with Gasteiger partial charge >= 0.3 is 0 Å². The van der Waals surface area contributed by atoms with Gasteiger partial charge in [0.15, 0.2) is 0 Å². The molecule has 0 spiro atoms. The maximum Gasteiger partial charge on any atom is 0.291 e. The maximum absolute atomic E-state index is 12.4. The molecule has 1 atom stereocenters. The van der Waals surface area contributed by atoms with Crippen molar-refractivity contribution >= 4 is 17.5 Å². The molecular formula is C15H15ClN4O2. The highest BCUT2D eigenvalue weighted by molar-refractivity contribution is 6.31. The Morgan fingerprint density at radius 1 is 1.32 bits per heavy atom. The molecule has 0 N–H and O–H groups in total. The minimum atomic E-state index is -0.172. The number of piperidine rings is 1. The Balaban J connectivity index is 1.67. The van der Waals surface area contributed by atoms with Gasteiger partial charge in [-0.15, -0.1) is 0 Å². The van der Waals surface area contributed by atoms with Gasteiger partial charge < -0.3 is 9.64 Å². The molecule has 6 nitrogen and oxygen atoms in total. The summed E-state index contributed by atoms with van der Waals surface area (Å²) in [6, 6.07) is 3.41. The number of ether oxygens (including phenoxy) is 1. The summed E-state index contributed by atoms with van der Waals surface area (Å²) < 4.78 is 5.90. The van der Waals surface area contributed by atoms with Crippen molar-refractivity contribution < 1.29 is 9.53 Å². The topological polar surface area (TPSA) is 68.2 Å². The minimum absolute atomic E-state index is 0.0960. The fraction of sp³-hybridized carbons (Fsp3) is 0.333. The van der Waals surface area contributed by atoms with E-state index in [2.05, 4.69) is 15.0 Å². The molecule has 0 radical (unpaired) electrons. The standard InChI is InChI=1S/C15H15ClN4O2/c16-12-9-17-7-4-13(12)22-11-3-1-8-20(10-11)15(21)14-18-5-2-6-19-14/h2,4-7,9,11H,1,3,8,10H2. The van der Waals surface area contributed by atoms with Crippen LogP contribution >= 0.6 is 11.6 Å². The van der Waals surface area contributed by atoms with E-state index < -0.39 is 0 Å². The van der Waals surface area contributed by atoms with Gasteiger partial charge in [0.25, 0.3) is 5.91 Å². The van der Waals surface area contributed by atoms with E-state index in [0.717, 1.165) is 12.8 Å². The fourth-order valence-electron chi connectivity index (χ4n) is 2.41. The predicted octanol–water partition coefficient (Wildman–Crippen LogP) is 2.21. The van der Waals surface area contributed by atoms with Crippen molar-refractivity contribution in [3.63, 3.8) is 0 Å². The van der Waals surface area contributed by atoms with Crippen LogP contribution in [0.4, 0.5) is 0 Å². The quantitative estimate of drug-likeness (QED) is 0.868. The van der Waals surface area contributed by atoms with E-state index >= 15 is 0 Å². The molecule has 2 aromatic rings. The zero-order chi connectivity index (χ0) is 15.4. The second-order valence-electron chi connectivity index (χ2n) is 5.01. The first-order valence-electron chi connectivity index (χ1n) is 7.06. The van der Waals surface area contributed by atoms with Gasteiger partial charge in [-0.1, -0.05) is 11.6 Å². The third-order valence-corrected chi connectivity index (χ3v) is 3.74. The van der Waals surface area contributed by atoms with Crippen LogP contribution in [0.3, 0.4) is 0 Å². The zero-order valence-electron chi connectivity index (χ0n) is 11.9. The van der Waals surface area contributed by atoms with Crippen molar-refractivity contribution in [3.8, 4) is 5.75 Å². The SMILES string of the molecule is O=C(c1ncccn1)N1CCCC(Oc2ccncc2Cl)C1. The Morgan fingerprint density at radius 2 is 2.14 bits per heavy atom. The molecule has 2 aromatic heterocycles. The van der Waals surface area contributed by atoms with Crippen molar-refractivity contribution in [1.82, 2.24) is 19.9 Å². The number of aromatic nitrogens is 3. The number of carbonyl (C=O) groups is 1. The molecule has 1 amide bonds. The van der Waals surface area contributed by atoms with E-state index in [1.54, 1.807) is 41.8 Å². The maximum atomic E-state index is 12.4. The molecule has 0 aliphatic carbocycles. The van der Waals surface area contributed by atoms with Gasteiger partial charge in [-0.25, -0.2) is 9.97 Å². The molecule has 22 heavy (non-hydrogen) atoms. The lowest BCUT2D eigenvalue weighted by atomic mass is 10.1. The average molecular weight is 319 g/mol. The smallest absolute Gasteiger partial charge is 0.291 e. The summed E-state index contributed by atoms with van der Waals surface area (Å²) in [5.41, 5.74) is 0. The number of rotatable bonds is 3. The molecule has 1 aliphatic heterocycles. The molecule has 0 saturated carbocycles. The summed E-state index contributed by atoms with van der Waals surface area (Å²) in [5, 5.41) is 0.470. The molecule has 114 valence electrons. The van der Waals surface area contributed by atoms with Crippen LogP contribution < -0.4 is 4.74 Å². The van der Waals surface area contributed by atoms with Crippen LogP contribution in [-0.4, -0.2) is 45.0 Å². The summed E-state index contributed by atoms with van der Waals surface area (Å²) in [6.45, 7) is 1.18. The van der Waals surface area contributed by atoms with E-state index in [1.807, 2.05) is 0 Å². The first kappa shape index (κ1) is 14.7. The zero-order valence-corrected chi connectivity index (χ0v) is 12.6. The first-order chi connectivity index (χ1) is 10.7. The average Bonchev–Trinajstić information content (AvgIpc) is 2.57. The molecule has 1 saturated heterocycles. The highest BCUT2D eigenvalue weighted by Gasteiger charge is 2.27. The molecule has 3 rings (SSSR count). The Kier molecular flexibility index (Phi) is 4.48. The lowest BCUT2D eigenvalue weighted by Gasteiger charge is -2.32. The Morgan fingerprint density at radius 3 is 2.91 bits per heavy atom.